The van der Waals surface area contributed by atoms with E-state index in [0.717, 1.165) is 36.1 Å². The molecule has 2 heterocycles. The van der Waals surface area contributed by atoms with Crippen LogP contribution in [0.15, 0.2) is 59.0 Å². The van der Waals surface area contributed by atoms with Crippen molar-refractivity contribution in [2.45, 2.75) is 32.1 Å². The van der Waals surface area contributed by atoms with Crippen LogP contribution in [0.25, 0.3) is 11.5 Å². The molecule has 1 fully saturated rings. The van der Waals surface area contributed by atoms with Gasteiger partial charge >= 0.3 is 0 Å². The van der Waals surface area contributed by atoms with Crippen LogP contribution < -0.4 is 0 Å². The average molecular weight is 361 g/mol. The van der Waals surface area contributed by atoms with Crippen LogP contribution in [0.2, 0.25) is 0 Å². The molecule has 138 valence electrons. The van der Waals surface area contributed by atoms with Gasteiger partial charge in [0.25, 0.3) is 0 Å². The van der Waals surface area contributed by atoms with E-state index in [0.29, 0.717) is 24.7 Å². The highest BCUT2D eigenvalue weighted by Gasteiger charge is 2.28. The number of carbonyl (C=O) groups excluding carboxylic acids is 1. The first kappa shape index (κ1) is 17.5. The average Bonchev–Trinajstić information content (AvgIpc) is 3.19. The molecular formula is C22H23N3O2. The van der Waals surface area contributed by atoms with Gasteiger partial charge in [-0.05, 0) is 37.0 Å². The van der Waals surface area contributed by atoms with E-state index in [9.17, 15) is 4.79 Å². The van der Waals surface area contributed by atoms with E-state index in [1.165, 1.54) is 0 Å². The lowest BCUT2D eigenvalue weighted by Gasteiger charge is -2.31. The van der Waals surface area contributed by atoms with E-state index in [4.69, 9.17) is 4.42 Å². The van der Waals surface area contributed by atoms with Gasteiger partial charge in [-0.1, -0.05) is 48.5 Å². The Balaban J connectivity index is 1.46. The molecule has 0 N–H and O–H groups in total. The Morgan fingerprint density at radius 2 is 1.89 bits per heavy atom. The minimum absolute atomic E-state index is 0.101. The van der Waals surface area contributed by atoms with Crippen LogP contribution in [0.3, 0.4) is 0 Å². The third-order valence-electron chi connectivity index (χ3n) is 5.14. The van der Waals surface area contributed by atoms with Crippen molar-refractivity contribution >= 4 is 5.91 Å². The van der Waals surface area contributed by atoms with Crippen LogP contribution >= 0.6 is 0 Å². The highest BCUT2D eigenvalue weighted by Crippen LogP contribution is 2.29. The number of likely N-dealkylation sites (tertiary alicyclic amines) is 1. The first-order valence-corrected chi connectivity index (χ1v) is 9.42. The summed E-state index contributed by atoms with van der Waals surface area (Å²) in [6.07, 6.45) is 2.35. The monoisotopic (exact) mass is 361 g/mol. The van der Waals surface area contributed by atoms with Crippen LogP contribution in [0.1, 0.15) is 35.8 Å². The van der Waals surface area contributed by atoms with E-state index < -0.39 is 0 Å². The molecule has 4 rings (SSSR count). The summed E-state index contributed by atoms with van der Waals surface area (Å²) in [7, 11) is 0. The van der Waals surface area contributed by atoms with Gasteiger partial charge in [0.1, 0.15) is 0 Å². The van der Waals surface area contributed by atoms with Crippen molar-refractivity contribution in [3.05, 3.63) is 71.6 Å². The van der Waals surface area contributed by atoms with E-state index in [-0.39, 0.29) is 11.8 Å². The van der Waals surface area contributed by atoms with Crippen LogP contribution in [-0.2, 0) is 11.2 Å². The Kier molecular flexibility index (Phi) is 5.01. The standard InChI is InChI=1S/C22H23N3O2/c1-16-8-5-6-12-19(16)22-24-23-21(27-22)18-11-7-13-25(15-18)20(26)14-17-9-3-2-4-10-17/h2-6,8-10,12,18H,7,11,13-15H2,1H3/t18-/m1/s1. The number of carbonyl (C=O) groups is 1. The summed E-state index contributed by atoms with van der Waals surface area (Å²) in [5, 5.41) is 8.52. The summed E-state index contributed by atoms with van der Waals surface area (Å²) in [5.74, 6) is 1.44. The van der Waals surface area contributed by atoms with Crippen LogP contribution in [0.5, 0.6) is 0 Å². The van der Waals surface area contributed by atoms with E-state index in [1.807, 2.05) is 66.4 Å². The molecule has 0 bridgehead atoms. The molecule has 0 radical (unpaired) electrons. The predicted octanol–water partition coefficient (Wildman–Crippen LogP) is 3.99. The highest BCUT2D eigenvalue weighted by atomic mass is 16.4. The van der Waals surface area contributed by atoms with E-state index in [2.05, 4.69) is 10.2 Å². The zero-order valence-corrected chi connectivity index (χ0v) is 15.5. The Morgan fingerprint density at radius 1 is 1.11 bits per heavy atom. The van der Waals surface area contributed by atoms with Gasteiger partial charge in [0.05, 0.1) is 12.3 Å². The summed E-state index contributed by atoms with van der Waals surface area (Å²) in [6.45, 7) is 3.46. The topological polar surface area (TPSA) is 59.2 Å². The van der Waals surface area contributed by atoms with Crippen molar-refractivity contribution in [3.63, 3.8) is 0 Å². The number of aryl methyl sites for hydroxylation is 1. The summed E-state index contributed by atoms with van der Waals surface area (Å²) in [4.78, 5) is 14.6. The molecule has 1 amide bonds. The van der Waals surface area contributed by atoms with Crippen molar-refractivity contribution in [1.82, 2.24) is 15.1 Å². The maximum absolute atomic E-state index is 12.7. The second kappa shape index (κ2) is 7.74. The molecule has 1 aromatic heterocycles. The van der Waals surface area contributed by atoms with Gasteiger partial charge in [-0.2, -0.15) is 0 Å². The molecule has 0 saturated carbocycles. The molecule has 5 nitrogen and oxygen atoms in total. The van der Waals surface area contributed by atoms with E-state index in [1.54, 1.807) is 0 Å². The Bertz CT molecular complexity index is 920. The van der Waals surface area contributed by atoms with Gasteiger partial charge in [0.2, 0.25) is 17.7 Å². The highest BCUT2D eigenvalue weighted by molar-refractivity contribution is 5.79. The van der Waals surface area contributed by atoms with Crippen LogP contribution in [0.4, 0.5) is 0 Å². The third kappa shape index (κ3) is 3.92. The third-order valence-corrected chi connectivity index (χ3v) is 5.14. The number of hydrogen-bond donors (Lipinski definition) is 0. The molecule has 1 aliphatic heterocycles. The molecule has 27 heavy (non-hydrogen) atoms. The lowest BCUT2D eigenvalue weighted by Crippen LogP contribution is -2.40. The minimum atomic E-state index is 0.101. The zero-order valence-electron chi connectivity index (χ0n) is 15.5. The number of hydrogen-bond acceptors (Lipinski definition) is 4. The molecule has 1 saturated heterocycles. The van der Waals surface area contributed by atoms with Gasteiger partial charge in [-0.3, -0.25) is 4.79 Å². The molecule has 0 unspecified atom stereocenters. The predicted molar refractivity (Wildman–Crippen MR) is 103 cm³/mol. The van der Waals surface area contributed by atoms with Crippen LogP contribution in [0, 0.1) is 6.92 Å². The maximum Gasteiger partial charge on any atom is 0.248 e. The van der Waals surface area contributed by atoms with Crippen molar-refractivity contribution in [1.29, 1.82) is 0 Å². The Morgan fingerprint density at radius 3 is 2.70 bits per heavy atom. The number of amides is 1. The summed E-state index contributed by atoms with van der Waals surface area (Å²) in [5.41, 5.74) is 3.12. The van der Waals surface area contributed by atoms with Crippen molar-refractivity contribution in [2.75, 3.05) is 13.1 Å². The van der Waals surface area contributed by atoms with Crippen LogP contribution in [-0.4, -0.2) is 34.1 Å². The normalized spacial score (nSPS) is 17.1. The fraction of sp³-hybridized carbons (Fsp3) is 0.318. The molecular weight excluding hydrogens is 338 g/mol. The summed E-state index contributed by atoms with van der Waals surface area (Å²) in [6, 6.07) is 17.9. The lowest BCUT2D eigenvalue weighted by molar-refractivity contribution is -0.131. The molecule has 3 aromatic rings. The summed E-state index contributed by atoms with van der Waals surface area (Å²) < 4.78 is 5.98. The van der Waals surface area contributed by atoms with Crippen molar-refractivity contribution in [3.8, 4) is 11.5 Å². The number of aromatic nitrogens is 2. The Hall–Kier alpha value is -2.95. The number of nitrogens with zero attached hydrogens (tertiary/aromatic N) is 3. The number of benzene rings is 2. The lowest BCUT2D eigenvalue weighted by atomic mass is 9.97. The molecule has 0 aliphatic carbocycles. The van der Waals surface area contributed by atoms with Gasteiger partial charge in [-0.15, -0.1) is 10.2 Å². The largest absolute Gasteiger partial charge is 0.420 e. The van der Waals surface area contributed by atoms with Crippen molar-refractivity contribution in [2.24, 2.45) is 0 Å². The first-order chi connectivity index (χ1) is 13.2. The van der Waals surface area contributed by atoms with Gasteiger partial charge in [0.15, 0.2) is 0 Å². The zero-order chi connectivity index (χ0) is 18.6. The first-order valence-electron chi connectivity index (χ1n) is 9.42. The smallest absolute Gasteiger partial charge is 0.248 e. The Labute approximate surface area is 159 Å². The second-order valence-electron chi connectivity index (χ2n) is 7.10. The number of piperidine rings is 1. The molecule has 2 aromatic carbocycles. The minimum Gasteiger partial charge on any atom is -0.420 e. The SMILES string of the molecule is Cc1ccccc1-c1nnc([C@@H]2CCCN(C(=O)Cc3ccccc3)C2)o1. The van der Waals surface area contributed by atoms with E-state index >= 15 is 0 Å². The summed E-state index contributed by atoms with van der Waals surface area (Å²) >= 11 is 0. The second-order valence-corrected chi connectivity index (χ2v) is 7.10. The fourth-order valence-corrected chi connectivity index (χ4v) is 3.61. The maximum atomic E-state index is 12.7. The molecule has 0 spiro atoms. The number of rotatable bonds is 4. The molecule has 5 heteroatoms. The van der Waals surface area contributed by atoms with Gasteiger partial charge in [0, 0.05) is 18.7 Å². The van der Waals surface area contributed by atoms with Gasteiger partial charge in [-0.25, -0.2) is 0 Å². The quantitative estimate of drug-likeness (QED) is 0.705. The fourth-order valence-electron chi connectivity index (χ4n) is 3.61. The van der Waals surface area contributed by atoms with Gasteiger partial charge < -0.3 is 9.32 Å². The molecule has 1 aliphatic rings. The molecule has 1 atom stereocenters. The van der Waals surface area contributed by atoms with Crippen molar-refractivity contribution < 1.29 is 9.21 Å².